The number of nitrogens with two attached hydrogens (primary N) is 1. The van der Waals surface area contributed by atoms with E-state index in [1.807, 2.05) is 29.8 Å². The molecular weight excluding hydrogens is 250 g/mol. The van der Waals surface area contributed by atoms with Gasteiger partial charge in [0.1, 0.15) is 11.6 Å². The lowest BCUT2D eigenvalue weighted by atomic mass is 10.1. The molecule has 1 aromatic carbocycles. The Morgan fingerprint density at radius 1 is 1.44 bits per heavy atom. The molecule has 2 aromatic rings. The maximum atomic E-state index is 6.02. The number of halogens is 1. The second kappa shape index (κ2) is 5.42. The Hall–Kier alpha value is -1.52. The Morgan fingerprint density at radius 2 is 2.22 bits per heavy atom. The van der Waals surface area contributed by atoms with Crippen LogP contribution in [0, 0.1) is 6.92 Å². The van der Waals surface area contributed by atoms with Gasteiger partial charge in [-0.3, -0.25) is 0 Å². The average molecular weight is 266 g/mol. The van der Waals surface area contributed by atoms with E-state index in [-0.39, 0.29) is 0 Å². The summed E-state index contributed by atoms with van der Waals surface area (Å²) in [6, 6.07) is 5.50. The van der Waals surface area contributed by atoms with Crippen molar-refractivity contribution in [1.29, 1.82) is 0 Å². The first-order valence-corrected chi connectivity index (χ1v) is 6.11. The minimum Gasteiger partial charge on any atom is -0.496 e. The third kappa shape index (κ3) is 2.49. The van der Waals surface area contributed by atoms with Gasteiger partial charge in [-0.05, 0) is 25.1 Å². The number of methoxy groups -OCH3 is 1. The Balaban J connectivity index is 2.47. The number of imidazole rings is 1. The van der Waals surface area contributed by atoms with Crippen molar-refractivity contribution in [1.82, 2.24) is 9.55 Å². The second-order valence-corrected chi connectivity index (χ2v) is 4.44. The molecule has 1 heterocycles. The molecule has 0 spiro atoms. The molecule has 0 aliphatic heterocycles. The number of hydrogen-bond acceptors (Lipinski definition) is 3. The molecule has 0 amide bonds. The van der Waals surface area contributed by atoms with Gasteiger partial charge in [0, 0.05) is 29.9 Å². The third-order valence-electron chi connectivity index (χ3n) is 2.78. The van der Waals surface area contributed by atoms with Crippen molar-refractivity contribution in [3.63, 3.8) is 0 Å². The van der Waals surface area contributed by atoms with Crippen LogP contribution in [0.15, 0.2) is 24.4 Å². The van der Waals surface area contributed by atoms with Gasteiger partial charge in [0.15, 0.2) is 0 Å². The molecule has 4 nitrogen and oxygen atoms in total. The zero-order valence-electron chi connectivity index (χ0n) is 10.5. The van der Waals surface area contributed by atoms with Gasteiger partial charge in [0.2, 0.25) is 0 Å². The third-order valence-corrected chi connectivity index (χ3v) is 3.02. The van der Waals surface area contributed by atoms with Crippen molar-refractivity contribution in [2.24, 2.45) is 5.73 Å². The molecule has 0 saturated heterocycles. The van der Waals surface area contributed by atoms with Gasteiger partial charge in [-0.1, -0.05) is 11.6 Å². The molecule has 96 valence electrons. The molecule has 2 N–H and O–H groups in total. The van der Waals surface area contributed by atoms with E-state index in [2.05, 4.69) is 4.98 Å². The Labute approximate surface area is 111 Å². The molecule has 18 heavy (non-hydrogen) atoms. The number of aromatic nitrogens is 2. The number of hydrogen-bond donors (Lipinski definition) is 1. The largest absolute Gasteiger partial charge is 0.496 e. The predicted molar refractivity (Wildman–Crippen MR) is 73.0 cm³/mol. The molecule has 1 aromatic heterocycles. The van der Waals surface area contributed by atoms with Crippen molar-refractivity contribution >= 4 is 11.6 Å². The molecule has 0 bridgehead atoms. The molecule has 0 atom stereocenters. The molecular formula is C13H16ClN3O. The zero-order valence-corrected chi connectivity index (χ0v) is 11.2. The van der Waals surface area contributed by atoms with Crippen molar-refractivity contribution < 1.29 is 4.74 Å². The number of ether oxygens (including phenoxy) is 1. The van der Waals surface area contributed by atoms with Crippen LogP contribution in [0.25, 0.3) is 11.3 Å². The summed E-state index contributed by atoms with van der Waals surface area (Å²) in [5, 5.41) is 0.664. The van der Waals surface area contributed by atoms with Crippen molar-refractivity contribution in [2.75, 3.05) is 13.7 Å². The maximum absolute atomic E-state index is 6.02. The monoisotopic (exact) mass is 265 g/mol. The van der Waals surface area contributed by atoms with E-state index in [9.17, 15) is 0 Å². The quantitative estimate of drug-likeness (QED) is 0.924. The Kier molecular flexibility index (Phi) is 3.89. The first-order valence-electron chi connectivity index (χ1n) is 5.73. The van der Waals surface area contributed by atoms with Crippen LogP contribution in [0.1, 0.15) is 5.82 Å². The summed E-state index contributed by atoms with van der Waals surface area (Å²) in [5.41, 5.74) is 7.30. The smallest absolute Gasteiger partial charge is 0.128 e. The highest BCUT2D eigenvalue weighted by Crippen LogP contribution is 2.31. The van der Waals surface area contributed by atoms with Crippen molar-refractivity contribution in [2.45, 2.75) is 13.5 Å². The highest BCUT2D eigenvalue weighted by Gasteiger charge is 2.11. The van der Waals surface area contributed by atoms with Crippen LogP contribution in [-0.2, 0) is 6.54 Å². The van der Waals surface area contributed by atoms with Crippen LogP contribution in [0.5, 0.6) is 5.75 Å². The highest BCUT2D eigenvalue weighted by molar-refractivity contribution is 6.30. The molecule has 0 saturated carbocycles. The molecule has 0 radical (unpaired) electrons. The van der Waals surface area contributed by atoms with Gasteiger partial charge in [-0.15, -0.1) is 0 Å². The van der Waals surface area contributed by atoms with Gasteiger partial charge < -0.3 is 15.0 Å². The fourth-order valence-corrected chi connectivity index (χ4v) is 2.06. The molecule has 0 aliphatic carbocycles. The van der Waals surface area contributed by atoms with E-state index in [1.165, 1.54) is 0 Å². The first-order chi connectivity index (χ1) is 8.65. The normalized spacial score (nSPS) is 10.7. The van der Waals surface area contributed by atoms with Gasteiger partial charge >= 0.3 is 0 Å². The number of benzene rings is 1. The van der Waals surface area contributed by atoms with E-state index in [1.54, 1.807) is 13.2 Å². The fraction of sp³-hybridized carbons (Fsp3) is 0.308. The summed E-state index contributed by atoms with van der Waals surface area (Å²) in [5.74, 6) is 1.69. The summed E-state index contributed by atoms with van der Waals surface area (Å²) in [7, 11) is 1.64. The van der Waals surface area contributed by atoms with Crippen LogP contribution >= 0.6 is 11.6 Å². The summed E-state index contributed by atoms with van der Waals surface area (Å²) in [4.78, 5) is 4.52. The Morgan fingerprint density at radius 3 is 2.89 bits per heavy atom. The lowest BCUT2D eigenvalue weighted by Crippen LogP contribution is -2.10. The van der Waals surface area contributed by atoms with Crippen LogP contribution in [0.4, 0.5) is 0 Å². The fourth-order valence-electron chi connectivity index (χ4n) is 1.88. The highest BCUT2D eigenvalue weighted by atomic mass is 35.5. The predicted octanol–water partition coefficient (Wildman–Crippen LogP) is 2.48. The second-order valence-electron chi connectivity index (χ2n) is 4.00. The van der Waals surface area contributed by atoms with Crippen molar-refractivity contribution in [3.8, 4) is 17.0 Å². The van der Waals surface area contributed by atoms with E-state index in [0.717, 1.165) is 29.4 Å². The van der Waals surface area contributed by atoms with Gasteiger partial charge in [0.05, 0.1) is 12.8 Å². The van der Waals surface area contributed by atoms with E-state index in [4.69, 9.17) is 22.1 Å². The molecule has 0 aliphatic rings. The minimum absolute atomic E-state index is 0.587. The molecule has 0 unspecified atom stereocenters. The summed E-state index contributed by atoms with van der Waals surface area (Å²) in [6.07, 6.45) is 1.97. The van der Waals surface area contributed by atoms with Crippen LogP contribution in [-0.4, -0.2) is 23.2 Å². The molecule has 0 fully saturated rings. The van der Waals surface area contributed by atoms with E-state index >= 15 is 0 Å². The summed E-state index contributed by atoms with van der Waals surface area (Å²) >= 11 is 6.02. The average Bonchev–Trinajstić information content (AvgIpc) is 2.71. The zero-order chi connectivity index (χ0) is 13.1. The molecule has 2 rings (SSSR count). The van der Waals surface area contributed by atoms with Crippen LogP contribution in [0.2, 0.25) is 5.02 Å². The lowest BCUT2D eigenvalue weighted by Gasteiger charge is -2.06. The molecule has 5 heteroatoms. The standard InChI is InChI=1S/C13H16ClN3O/c1-9-16-12(8-17(9)6-5-15)11-7-10(14)3-4-13(11)18-2/h3-4,7-8H,5-6,15H2,1-2H3. The number of aryl methyl sites for hydroxylation is 1. The maximum Gasteiger partial charge on any atom is 0.128 e. The topological polar surface area (TPSA) is 53.1 Å². The first kappa shape index (κ1) is 12.9. The van der Waals surface area contributed by atoms with E-state index < -0.39 is 0 Å². The van der Waals surface area contributed by atoms with Crippen LogP contribution < -0.4 is 10.5 Å². The van der Waals surface area contributed by atoms with Gasteiger partial charge in [-0.2, -0.15) is 0 Å². The van der Waals surface area contributed by atoms with Crippen molar-refractivity contribution in [3.05, 3.63) is 35.2 Å². The SMILES string of the molecule is COc1ccc(Cl)cc1-c1cn(CCN)c(C)n1. The number of nitrogens with zero attached hydrogens (tertiary/aromatic N) is 2. The minimum atomic E-state index is 0.587. The van der Waals surface area contributed by atoms with E-state index in [0.29, 0.717) is 11.6 Å². The van der Waals surface area contributed by atoms with Gasteiger partial charge in [-0.25, -0.2) is 4.98 Å². The van der Waals surface area contributed by atoms with Gasteiger partial charge in [0.25, 0.3) is 0 Å². The Bertz CT molecular complexity index is 551. The number of rotatable bonds is 4. The summed E-state index contributed by atoms with van der Waals surface area (Å²) < 4.78 is 7.35. The van der Waals surface area contributed by atoms with Crippen LogP contribution in [0.3, 0.4) is 0 Å². The summed E-state index contributed by atoms with van der Waals surface area (Å²) in [6.45, 7) is 3.29. The lowest BCUT2D eigenvalue weighted by molar-refractivity contribution is 0.416.